The number of aromatic amines is 2. The Morgan fingerprint density at radius 1 is 0.674 bits per heavy atom. The predicted molar refractivity (Wildman–Crippen MR) is 177 cm³/mol. The molecule has 10 heteroatoms. The van der Waals surface area contributed by atoms with Gasteiger partial charge in [0, 0.05) is 18.7 Å². The van der Waals surface area contributed by atoms with E-state index in [-0.39, 0.29) is 24.3 Å². The Labute approximate surface area is 270 Å². The molecular formula is C36H44N6O4. The van der Waals surface area contributed by atoms with Gasteiger partial charge < -0.3 is 19.4 Å². The predicted octanol–water partition coefficient (Wildman–Crippen LogP) is 8.28. The largest absolute Gasteiger partial charge is 0.444 e. The van der Waals surface area contributed by atoms with Gasteiger partial charge in [-0.2, -0.15) is 0 Å². The molecule has 0 spiro atoms. The Hall–Kier alpha value is -4.60. The van der Waals surface area contributed by atoms with Crippen LogP contribution in [0.4, 0.5) is 9.59 Å². The molecule has 0 bridgehead atoms. The van der Waals surface area contributed by atoms with Gasteiger partial charge in [-0.15, -0.1) is 0 Å². The molecule has 0 aliphatic carbocycles. The zero-order valence-electron chi connectivity index (χ0n) is 27.6. The van der Waals surface area contributed by atoms with E-state index in [2.05, 4.69) is 62.4 Å². The number of ether oxygens (including phenoxy) is 2. The van der Waals surface area contributed by atoms with E-state index < -0.39 is 11.2 Å². The van der Waals surface area contributed by atoms with Gasteiger partial charge in [-0.3, -0.25) is 9.80 Å². The van der Waals surface area contributed by atoms with E-state index in [0.717, 1.165) is 71.0 Å². The molecule has 10 nitrogen and oxygen atoms in total. The van der Waals surface area contributed by atoms with E-state index in [9.17, 15) is 9.59 Å². The van der Waals surface area contributed by atoms with Gasteiger partial charge in [-0.05, 0) is 90.0 Å². The fraction of sp³-hybridized carbons (Fsp3) is 0.444. The number of amides is 2. The van der Waals surface area contributed by atoms with Crippen LogP contribution in [-0.2, 0) is 9.47 Å². The zero-order chi connectivity index (χ0) is 32.6. The molecule has 2 aliphatic rings. The van der Waals surface area contributed by atoms with E-state index in [1.165, 1.54) is 0 Å². The number of aromatic nitrogens is 4. The smallest absolute Gasteiger partial charge is 0.410 e. The fourth-order valence-electron chi connectivity index (χ4n) is 6.19. The minimum Gasteiger partial charge on any atom is -0.444 e. The van der Waals surface area contributed by atoms with Crippen molar-refractivity contribution in [3.63, 3.8) is 0 Å². The van der Waals surface area contributed by atoms with Crippen molar-refractivity contribution in [1.29, 1.82) is 0 Å². The third-order valence-corrected chi connectivity index (χ3v) is 8.29. The molecular weight excluding hydrogens is 580 g/mol. The van der Waals surface area contributed by atoms with Gasteiger partial charge in [-0.1, -0.05) is 42.5 Å². The van der Waals surface area contributed by atoms with Gasteiger partial charge in [0.2, 0.25) is 0 Å². The second-order valence-corrected chi connectivity index (χ2v) is 14.2. The summed E-state index contributed by atoms with van der Waals surface area (Å²) in [6.45, 7) is 12.6. The SMILES string of the molecule is CC(C)(C)OC(=O)N1CCC[C@H]1c1ncc(-c2ccc(-c3cccc(-c4cnc([C@@H]5CCCN5C(=O)OC(C)(C)C)[nH]4)c3)cc2)[nH]1. The van der Waals surface area contributed by atoms with Gasteiger partial charge in [0.1, 0.15) is 22.9 Å². The molecule has 4 heterocycles. The summed E-state index contributed by atoms with van der Waals surface area (Å²) in [6, 6.07) is 16.5. The molecule has 2 aliphatic heterocycles. The minimum atomic E-state index is -0.543. The Kier molecular flexibility index (Phi) is 8.39. The highest BCUT2D eigenvalue weighted by Crippen LogP contribution is 2.35. The molecule has 2 fully saturated rings. The van der Waals surface area contributed by atoms with Crippen molar-refractivity contribution in [2.24, 2.45) is 0 Å². The summed E-state index contributed by atoms with van der Waals surface area (Å²) in [5, 5.41) is 0. The van der Waals surface area contributed by atoms with Crippen molar-refractivity contribution in [2.45, 2.75) is 90.5 Å². The average Bonchev–Trinajstić information content (AvgIpc) is 3.81. The topological polar surface area (TPSA) is 116 Å². The second kappa shape index (κ2) is 12.3. The van der Waals surface area contributed by atoms with Crippen LogP contribution in [0.5, 0.6) is 0 Å². The van der Waals surface area contributed by atoms with E-state index in [4.69, 9.17) is 9.47 Å². The van der Waals surface area contributed by atoms with Crippen LogP contribution >= 0.6 is 0 Å². The molecule has 0 unspecified atom stereocenters. The summed E-state index contributed by atoms with van der Waals surface area (Å²) in [5.41, 5.74) is 4.94. The summed E-state index contributed by atoms with van der Waals surface area (Å²) in [5.74, 6) is 1.56. The van der Waals surface area contributed by atoms with Crippen LogP contribution in [0.15, 0.2) is 60.9 Å². The third-order valence-electron chi connectivity index (χ3n) is 8.29. The lowest BCUT2D eigenvalue weighted by atomic mass is 10.0. The lowest BCUT2D eigenvalue weighted by Crippen LogP contribution is -2.36. The molecule has 0 radical (unpaired) electrons. The summed E-state index contributed by atoms with van der Waals surface area (Å²) >= 11 is 0. The standard InChI is InChI=1S/C36H44N6O4/c1-35(2,3)45-33(43)41-18-8-12-29(41)31-37-21-27(39-31)24-16-14-23(15-17-24)25-10-7-11-26(20-25)28-22-38-32(40-28)30-13-9-19-42(30)34(44)46-36(4,5)6/h7,10-11,14-17,20-22,29-30H,8-9,12-13,18-19H2,1-6H3,(H,37,39)(H,38,40)/t29-,30-/m0/s1. The first kappa shape index (κ1) is 31.4. The Balaban J connectivity index is 1.15. The van der Waals surface area contributed by atoms with Gasteiger partial charge >= 0.3 is 12.2 Å². The van der Waals surface area contributed by atoms with Crippen molar-refractivity contribution in [3.05, 3.63) is 72.6 Å². The molecule has 2 N–H and O–H groups in total. The fourth-order valence-corrected chi connectivity index (χ4v) is 6.19. The van der Waals surface area contributed by atoms with Crippen LogP contribution in [0.2, 0.25) is 0 Å². The number of carbonyl (C=O) groups is 2. The van der Waals surface area contributed by atoms with Crippen LogP contribution in [0.1, 0.15) is 91.0 Å². The van der Waals surface area contributed by atoms with Crippen LogP contribution in [0.25, 0.3) is 33.6 Å². The first-order chi connectivity index (χ1) is 21.8. The highest BCUT2D eigenvalue weighted by Gasteiger charge is 2.36. The van der Waals surface area contributed by atoms with Crippen LogP contribution < -0.4 is 0 Å². The maximum absolute atomic E-state index is 12.8. The number of imidazole rings is 2. The lowest BCUT2D eigenvalue weighted by molar-refractivity contribution is 0.0208. The molecule has 0 saturated carbocycles. The second-order valence-electron chi connectivity index (χ2n) is 14.2. The highest BCUT2D eigenvalue weighted by atomic mass is 16.6. The Morgan fingerprint density at radius 2 is 1.13 bits per heavy atom. The van der Waals surface area contributed by atoms with Crippen molar-refractivity contribution >= 4 is 12.2 Å². The van der Waals surface area contributed by atoms with Gasteiger partial charge in [0.15, 0.2) is 0 Å². The Bertz CT molecular complexity index is 1690. The number of nitrogens with zero attached hydrogens (tertiary/aromatic N) is 4. The normalized spacial score (nSPS) is 18.7. The maximum atomic E-state index is 12.8. The number of hydrogen-bond donors (Lipinski definition) is 2. The number of nitrogens with one attached hydrogen (secondary N) is 2. The number of benzene rings is 2. The summed E-state index contributed by atoms with van der Waals surface area (Å²) in [7, 11) is 0. The third kappa shape index (κ3) is 6.95. The molecule has 4 aromatic rings. The van der Waals surface area contributed by atoms with Gasteiger partial charge in [-0.25, -0.2) is 19.6 Å². The van der Waals surface area contributed by atoms with Crippen LogP contribution in [-0.4, -0.2) is 66.2 Å². The quantitative estimate of drug-likeness (QED) is 0.231. The molecule has 2 aromatic carbocycles. The first-order valence-corrected chi connectivity index (χ1v) is 16.1. The number of likely N-dealkylation sites (tertiary alicyclic amines) is 2. The summed E-state index contributed by atoms with van der Waals surface area (Å²) in [4.78, 5) is 45.4. The van der Waals surface area contributed by atoms with Crippen LogP contribution in [0.3, 0.4) is 0 Å². The summed E-state index contributed by atoms with van der Waals surface area (Å²) < 4.78 is 11.3. The Morgan fingerprint density at radius 3 is 1.63 bits per heavy atom. The van der Waals surface area contributed by atoms with Crippen molar-refractivity contribution in [1.82, 2.24) is 29.7 Å². The zero-order valence-corrected chi connectivity index (χ0v) is 27.6. The molecule has 2 amide bonds. The average molecular weight is 625 g/mol. The molecule has 46 heavy (non-hydrogen) atoms. The molecule has 6 rings (SSSR count). The van der Waals surface area contributed by atoms with E-state index >= 15 is 0 Å². The lowest BCUT2D eigenvalue weighted by Gasteiger charge is -2.27. The highest BCUT2D eigenvalue weighted by molar-refractivity contribution is 5.74. The summed E-state index contributed by atoms with van der Waals surface area (Å²) in [6.07, 6.45) is 6.60. The van der Waals surface area contributed by atoms with Crippen LogP contribution in [0, 0.1) is 0 Å². The van der Waals surface area contributed by atoms with Crippen molar-refractivity contribution < 1.29 is 19.1 Å². The van der Waals surface area contributed by atoms with Gasteiger partial charge in [0.05, 0.1) is 35.9 Å². The minimum absolute atomic E-state index is 0.123. The maximum Gasteiger partial charge on any atom is 0.410 e. The van der Waals surface area contributed by atoms with Crippen molar-refractivity contribution in [3.8, 4) is 33.6 Å². The van der Waals surface area contributed by atoms with Crippen molar-refractivity contribution in [2.75, 3.05) is 13.1 Å². The number of hydrogen-bond acceptors (Lipinski definition) is 6. The van der Waals surface area contributed by atoms with E-state index in [0.29, 0.717) is 13.1 Å². The number of carbonyl (C=O) groups excluding carboxylic acids is 2. The molecule has 2 atom stereocenters. The van der Waals surface area contributed by atoms with Gasteiger partial charge in [0.25, 0.3) is 0 Å². The molecule has 242 valence electrons. The monoisotopic (exact) mass is 624 g/mol. The van der Waals surface area contributed by atoms with E-state index in [1.807, 2.05) is 60.0 Å². The number of H-pyrrole nitrogens is 2. The first-order valence-electron chi connectivity index (χ1n) is 16.1. The van der Waals surface area contributed by atoms with E-state index in [1.54, 1.807) is 9.80 Å². The number of rotatable bonds is 5. The molecule has 2 saturated heterocycles. The molecule has 2 aromatic heterocycles.